The second kappa shape index (κ2) is 8.85. The van der Waals surface area contributed by atoms with Crippen molar-refractivity contribution >= 4 is 29.0 Å². The Bertz CT molecular complexity index is 591. The Hall–Kier alpha value is -0.610. The van der Waals surface area contributed by atoms with Gasteiger partial charge in [-0.1, -0.05) is 23.2 Å². The van der Waals surface area contributed by atoms with Gasteiger partial charge in [-0.3, -0.25) is 4.79 Å². The van der Waals surface area contributed by atoms with Gasteiger partial charge in [-0.05, 0) is 88.7 Å². The predicted octanol–water partition coefficient (Wildman–Crippen LogP) is 4.80. The fourth-order valence-electron chi connectivity index (χ4n) is 4.17. The highest BCUT2D eigenvalue weighted by Crippen LogP contribution is 2.29. The summed E-state index contributed by atoms with van der Waals surface area (Å²) in [5, 5.41) is 1.04. The highest BCUT2D eigenvalue weighted by Gasteiger charge is 2.27. The summed E-state index contributed by atoms with van der Waals surface area (Å²) in [5.74, 6) is 1.09. The van der Waals surface area contributed by atoms with Crippen LogP contribution in [0.1, 0.15) is 55.3 Å². The molecule has 1 aliphatic heterocycles. The van der Waals surface area contributed by atoms with E-state index in [0.717, 1.165) is 38.4 Å². The zero-order chi connectivity index (χ0) is 17.8. The molecule has 2 aliphatic rings. The minimum Gasteiger partial charge on any atom is -0.328 e. The summed E-state index contributed by atoms with van der Waals surface area (Å²) in [6, 6.07) is 5.58. The number of halogens is 2. The lowest BCUT2D eigenvalue weighted by molar-refractivity contribution is 0.0833. The molecule has 0 bridgehead atoms. The lowest BCUT2D eigenvalue weighted by Gasteiger charge is -2.33. The van der Waals surface area contributed by atoms with Gasteiger partial charge in [-0.15, -0.1) is 0 Å². The average molecular weight is 383 g/mol. The third-order valence-corrected chi connectivity index (χ3v) is 6.45. The van der Waals surface area contributed by atoms with E-state index in [2.05, 4.69) is 4.90 Å². The summed E-state index contributed by atoms with van der Waals surface area (Å²) in [6.07, 6.45) is 8.05. The Kier molecular flexibility index (Phi) is 6.79. The van der Waals surface area contributed by atoms with Crippen molar-refractivity contribution in [1.82, 2.24) is 4.90 Å². The molecule has 1 aromatic rings. The first-order chi connectivity index (χ1) is 12.0. The number of nitrogens with zero attached hydrogens (tertiary/aromatic N) is 1. The molecule has 0 aromatic heterocycles. The Morgan fingerprint density at radius 3 is 2.40 bits per heavy atom. The molecule has 2 fully saturated rings. The number of carbonyl (C=O) groups excluding carboxylic acids is 1. The number of hydrogen-bond donors (Lipinski definition) is 1. The van der Waals surface area contributed by atoms with E-state index in [0.29, 0.717) is 21.7 Å². The van der Waals surface area contributed by atoms with Crippen LogP contribution in [-0.2, 0) is 0 Å². The number of hydrogen-bond acceptors (Lipinski definition) is 3. The SMILES string of the molecule is NC1CCC(CCN2CCC(C(=O)c3ccc(Cl)cc3Cl)CC2)CC1. The number of Topliss-reactive ketones (excluding diaryl/α,β-unsaturated/α-hetero) is 1. The van der Waals surface area contributed by atoms with E-state index >= 15 is 0 Å². The first-order valence-corrected chi connectivity index (χ1v) is 10.3. The molecule has 0 amide bonds. The van der Waals surface area contributed by atoms with Gasteiger partial charge in [0.15, 0.2) is 5.78 Å². The molecule has 3 rings (SSSR count). The molecule has 138 valence electrons. The summed E-state index contributed by atoms with van der Waals surface area (Å²) in [5.41, 5.74) is 6.60. The van der Waals surface area contributed by atoms with Crippen LogP contribution in [0, 0.1) is 11.8 Å². The van der Waals surface area contributed by atoms with Crippen molar-refractivity contribution in [3.05, 3.63) is 33.8 Å². The van der Waals surface area contributed by atoms with Crippen LogP contribution >= 0.6 is 23.2 Å². The van der Waals surface area contributed by atoms with Crippen LogP contribution in [0.3, 0.4) is 0 Å². The Labute approximate surface area is 160 Å². The van der Waals surface area contributed by atoms with Gasteiger partial charge >= 0.3 is 0 Å². The molecule has 1 aromatic carbocycles. The molecule has 1 saturated heterocycles. The average Bonchev–Trinajstić information content (AvgIpc) is 2.61. The van der Waals surface area contributed by atoms with Crippen molar-refractivity contribution in [1.29, 1.82) is 0 Å². The second-order valence-electron chi connectivity index (χ2n) is 7.67. The maximum atomic E-state index is 12.7. The fourth-order valence-corrected chi connectivity index (χ4v) is 4.67. The van der Waals surface area contributed by atoms with Gasteiger partial charge in [0, 0.05) is 22.5 Å². The van der Waals surface area contributed by atoms with Crippen molar-refractivity contribution in [3.8, 4) is 0 Å². The Morgan fingerprint density at radius 1 is 1.08 bits per heavy atom. The maximum absolute atomic E-state index is 12.7. The monoisotopic (exact) mass is 382 g/mol. The molecular weight excluding hydrogens is 355 g/mol. The van der Waals surface area contributed by atoms with E-state index < -0.39 is 0 Å². The normalized spacial score (nSPS) is 25.9. The quantitative estimate of drug-likeness (QED) is 0.744. The standard InChI is InChI=1S/C20H28Cl2N2O/c21-16-3-6-18(19(22)13-16)20(25)15-8-11-24(12-9-15)10-7-14-1-4-17(23)5-2-14/h3,6,13-15,17H,1-2,4-5,7-12,23H2. The zero-order valence-electron chi connectivity index (χ0n) is 14.7. The lowest BCUT2D eigenvalue weighted by Crippen LogP contribution is -2.38. The first kappa shape index (κ1) is 19.2. The molecule has 2 N–H and O–H groups in total. The van der Waals surface area contributed by atoms with Crippen molar-refractivity contribution in [3.63, 3.8) is 0 Å². The summed E-state index contributed by atoms with van der Waals surface area (Å²) in [4.78, 5) is 15.2. The van der Waals surface area contributed by atoms with Crippen molar-refractivity contribution < 1.29 is 4.79 Å². The summed E-state index contributed by atoms with van der Waals surface area (Å²) in [6.45, 7) is 3.17. The largest absolute Gasteiger partial charge is 0.328 e. The number of likely N-dealkylation sites (tertiary alicyclic amines) is 1. The molecule has 0 atom stereocenters. The molecule has 25 heavy (non-hydrogen) atoms. The summed E-state index contributed by atoms with van der Waals surface area (Å²) >= 11 is 12.1. The molecule has 1 saturated carbocycles. The number of rotatable bonds is 5. The third-order valence-electron chi connectivity index (χ3n) is 5.90. The Morgan fingerprint density at radius 2 is 1.76 bits per heavy atom. The van der Waals surface area contributed by atoms with Crippen LogP contribution in [-0.4, -0.2) is 36.4 Å². The van der Waals surface area contributed by atoms with Crippen LogP contribution in [0.15, 0.2) is 18.2 Å². The van der Waals surface area contributed by atoms with Crippen molar-refractivity contribution in [2.75, 3.05) is 19.6 Å². The van der Waals surface area contributed by atoms with E-state index in [-0.39, 0.29) is 11.7 Å². The first-order valence-electron chi connectivity index (χ1n) is 9.50. The number of carbonyl (C=O) groups is 1. The van der Waals surface area contributed by atoms with Gasteiger partial charge in [0.1, 0.15) is 0 Å². The molecule has 0 unspecified atom stereocenters. The van der Waals surface area contributed by atoms with E-state index in [4.69, 9.17) is 28.9 Å². The molecule has 1 heterocycles. The summed E-state index contributed by atoms with van der Waals surface area (Å²) < 4.78 is 0. The number of ketones is 1. The fraction of sp³-hybridized carbons (Fsp3) is 0.650. The maximum Gasteiger partial charge on any atom is 0.167 e. The van der Waals surface area contributed by atoms with Crippen LogP contribution in [0.5, 0.6) is 0 Å². The van der Waals surface area contributed by atoms with E-state index in [9.17, 15) is 4.79 Å². The molecule has 0 radical (unpaired) electrons. The van der Waals surface area contributed by atoms with Gasteiger partial charge in [-0.2, -0.15) is 0 Å². The van der Waals surface area contributed by atoms with Gasteiger partial charge in [0.25, 0.3) is 0 Å². The minimum absolute atomic E-state index is 0.0857. The van der Waals surface area contributed by atoms with Crippen LogP contribution in [0.2, 0.25) is 10.0 Å². The van der Waals surface area contributed by atoms with Gasteiger partial charge in [-0.25, -0.2) is 0 Å². The van der Waals surface area contributed by atoms with Crippen LogP contribution < -0.4 is 5.73 Å². The highest BCUT2D eigenvalue weighted by atomic mass is 35.5. The highest BCUT2D eigenvalue weighted by molar-refractivity contribution is 6.36. The second-order valence-corrected chi connectivity index (χ2v) is 8.52. The van der Waals surface area contributed by atoms with Gasteiger partial charge in [0.05, 0.1) is 5.02 Å². The van der Waals surface area contributed by atoms with Crippen molar-refractivity contribution in [2.24, 2.45) is 17.6 Å². The lowest BCUT2D eigenvalue weighted by atomic mass is 9.84. The molecule has 3 nitrogen and oxygen atoms in total. The molecular formula is C20H28Cl2N2O. The predicted molar refractivity (Wildman–Crippen MR) is 105 cm³/mol. The molecule has 0 spiro atoms. The number of nitrogens with two attached hydrogens (primary N) is 1. The van der Waals surface area contributed by atoms with Crippen molar-refractivity contribution in [2.45, 2.75) is 51.0 Å². The number of piperidine rings is 1. The molecule has 5 heteroatoms. The van der Waals surface area contributed by atoms with E-state index in [1.54, 1.807) is 18.2 Å². The van der Waals surface area contributed by atoms with E-state index in [1.165, 1.54) is 32.1 Å². The molecule has 1 aliphatic carbocycles. The third kappa shape index (κ3) is 5.19. The van der Waals surface area contributed by atoms with Crippen LogP contribution in [0.25, 0.3) is 0 Å². The van der Waals surface area contributed by atoms with Gasteiger partial charge in [0.2, 0.25) is 0 Å². The zero-order valence-corrected chi connectivity index (χ0v) is 16.2. The smallest absolute Gasteiger partial charge is 0.167 e. The number of benzene rings is 1. The van der Waals surface area contributed by atoms with Crippen LogP contribution in [0.4, 0.5) is 0 Å². The topological polar surface area (TPSA) is 46.3 Å². The minimum atomic E-state index is 0.0857. The van der Waals surface area contributed by atoms with Gasteiger partial charge < -0.3 is 10.6 Å². The Balaban J connectivity index is 1.44. The van der Waals surface area contributed by atoms with E-state index in [1.807, 2.05) is 0 Å². The summed E-state index contributed by atoms with van der Waals surface area (Å²) in [7, 11) is 0.